The van der Waals surface area contributed by atoms with Gasteiger partial charge in [0.15, 0.2) is 0 Å². The van der Waals surface area contributed by atoms with Crippen LogP contribution in [0.3, 0.4) is 0 Å². The van der Waals surface area contributed by atoms with Crippen molar-refractivity contribution in [2.24, 2.45) is 11.1 Å². The van der Waals surface area contributed by atoms with Crippen molar-refractivity contribution in [3.63, 3.8) is 0 Å². The summed E-state index contributed by atoms with van der Waals surface area (Å²) >= 11 is 1.65. The number of esters is 1. The summed E-state index contributed by atoms with van der Waals surface area (Å²) in [6, 6.07) is 7.70. The molecular formula is C14H18ClNO2S. The first-order valence-corrected chi connectivity index (χ1v) is 6.66. The summed E-state index contributed by atoms with van der Waals surface area (Å²) in [5, 5.41) is 3.15. The molecule has 0 unspecified atom stereocenters. The largest absolute Gasteiger partial charge is 0.469 e. The van der Waals surface area contributed by atoms with E-state index in [1.54, 1.807) is 11.3 Å². The van der Waals surface area contributed by atoms with E-state index in [-0.39, 0.29) is 24.4 Å². The number of hydrogen-bond donors (Lipinski definition) is 1. The highest BCUT2D eigenvalue weighted by molar-refractivity contribution is 7.17. The maximum absolute atomic E-state index is 11.8. The van der Waals surface area contributed by atoms with Crippen LogP contribution in [0.4, 0.5) is 0 Å². The van der Waals surface area contributed by atoms with E-state index in [1.165, 1.54) is 11.8 Å². The Bertz CT molecular complexity index is 580. The van der Waals surface area contributed by atoms with Gasteiger partial charge in [0.25, 0.3) is 0 Å². The molecule has 1 heterocycles. The topological polar surface area (TPSA) is 52.3 Å². The van der Waals surface area contributed by atoms with E-state index in [1.807, 2.05) is 37.4 Å². The van der Waals surface area contributed by atoms with Gasteiger partial charge in [-0.25, -0.2) is 0 Å². The zero-order valence-electron chi connectivity index (χ0n) is 11.2. The van der Waals surface area contributed by atoms with Crippen LogP contribution < -0.4 is 5.73 Å². The van der Waals surface area contributed by atoms with Crippen LogP contribution in [0.1, 0.15) is 25.5 Å². The molecule has 5 heteroatoms. The van der Waals surface area contributed by atoms with Crippen LogP contribution in [0.5, 0.6) is 0 Å². The van der Waals surface area contributed by atoms with Crippen LogP contribution in [0.2, 0.25) is 0 Å². The number of benzene rings is 1. The first-order valence-electron chi connectivity index (χ1n) is 5.78. The highest BCUT2D eigenvalue weighted by Crippen LogP contribution is 2.38. The van der Waals surface area contributed by atoms with Gasteiger partial charge in [0.05, 0.1) is 12.5 Å². The molecule has 3 nitrogen and oxygen atoms in total. The summed E-state index contributed by atoms with van der Waals surface area (Å²) in [7, 11) is 1.39. The highest BCUT2D eigenvalue weighted by Gasteiger charge is 2.37. The molecule has 0 aliphatic rings. The quantitative estimate of drug-likeness (QED) is 0.882. The Morgan fingerprint density at radius 2 is 2.00 bits per heavy atom. The van der Waals surface area contributed by atoms with Gasteiger partial charge in [-0.2, -0.15) is 0 Å². The number of nitrogens with two attached hydrogens (primary N) is 1. The SMILES string of the molecule is COC(=O)C(C)(C)[C@@H](N)c1csc2ccccc12.Cl. The Labute approximate surface area is 123 Å². The molecule has 0 bridgehead atoms. The second-order valence-corrected chi connectivity index (χ2v) is 5.79. The molecule has 0 radical (unpaired) electrons. The van der Waals surface area contributed by atoms with Gasteiger partial charge in [0.2, 0.25) is 0 Å². The lowest BCUT2D eigenvalue weighted by Crippen LogP contribution is -2.37. The lowest BCUT2D eigenvalue weighted by molar-refractivity contribution is -0.152. The van der Waals surface area contributed by atoms with Gasteiger partial charge < -0.3 is 10.5 Å². The molecule has 0 saturated carbocycles. The maximum atomic E-state index is 11.8. The third-order valence-electron chi connectivity index (χ3n) is 3.33. The van der Waals surface area contributed by atoms with Crippen LogP contribution in [0.15, 0.2) is 29.6 Å². The Morgan fingerprint density at radius 1 is 1.37 bits per heavy atom. The molecule has 1 atom stereocenters. The van der Waals surface area contributed by atoms with Crippen molar-refractivity contribution in [1.29, 1.82) is 0 Å². The number of methoxy groups -OCH3 is 1. The van der Waals surface area contributed by atoms with Gasteiger partial charge in [0.1, 0.15) is 0 Å². The number of hydrogen-bond acceptors (Lipinski definition) is 4. The van der Waals surface area contributed by atoms with E-state index in [9.17, 15) is 4.79 Å². The smallest absolute Gasteiger partial charge is 0.313 e. The average Bonchev–Trinajstić information content (AvgIpc) is 2.80. The van der Waals surface area contributed by atoms with Gasteiger partial charge in [-0.15, -0.1) is 23.7 Å². The predicted molar refractivity (Wildman–Crippen MR) is 81.8 cm³/mol. The molecule has 104 valence electrons. The van der Waals surface area contributed by atoms with Gasteiger partial charge in [-0.1, -0.05) is 18.2 Å². The average molecular weight is 300 g/mol. The van der Waals surface area contributed by atoms with Gasteiger partial charge in [0, 0.05) is 10.7 Å². The monoisotopic (exact) mass is 299 g/mol. The molecule has 0 fully saturated rings. The third kappa shape index (κ3) is 2.76. The molecule has 1 aromatic heterocycles. The van der Waals surface area contributed by atoms with Crippen molar-refractivity contribution < 1.29 is 9.53 Å². The fourth-order valence-corrected chi connectivity index (χ4v) is 3.02. The zero-order valence-corrected chi connectivity index (χ0v) is 12.8. The molecule has 19 heavy (non-hydrogen) atoms. The fraction of sp³-hybridized carbons (Fsp3) is 0.357. The number of carbonyl (C=O) groups is 1. The first kappa shape index (κ1) is 16.0. The predicted octanol–water partition coefficient (Wildman–Crippen LogP) is 3.52. The summed E-state index contributed by atoms with van der Waals surface area (Å²) in [5.74, 6) is -0.287. The number of halogens is 1. The number of thiophene rings is 1. The summed E-state index contributed by atoms with van der Waals surface area (Å²) < 4.78 is 6.01. The van der Waals surface area contributed by atoms with E-state index in [0.29, 0.717) is 0 Å². The Kier molecular flexibility index (Phi) is 4.96. The Balaban J connectivity index is 0.00000180. The maximum Gasteiger partial charge on any atom is 0.313 e. The van der Waals surface area contributed by atoms with Crippen molar-refractivity contribution in [3.8, 4) is 0 Å². The van der Waals surface area contributed by atoms with E-state index < -0.39 is 5.41 Å². The van der Waals surface area contributed by atoms with Gasteiger partial charge >= 0.3 is 5.97 Å². The Morgan fingerprint density at radius 3 is 2.63 bits per heavy atom. The highest BCUT2D eigenvalue weighted by atomic mass is 35.5. The summed E-state index contributed by atoms with van der Waals surface area (Å²) in [4.78, 5) is 11.8. The van der Waals surface area contributed by atoms with Gasteiger partial charge in [-0.3, -0.25) is 4.79 Å². The standard InChI is InChI=1S/C14H17NO2S.ClH/c1-14(2,13(16)17-3)12(15)10-8-18-11-7-5-4-6-9(10)11;/h4-8,12H,15H2,1-3H3;1H/t12-;/m0./s1. The molecule has 0 amide bonds. The van der Waals surface area contributed by atoms with E-state index in [4.69, 9.17) is 10.5 Å². The Hall–Kier alpha value is -1.10. The number of ether oxygens (including phenoxy) is 1. The first-order chi connectivity index (χ1) is 8.48. The normalized spacial score (nSPS) is 12.8. The van der Waals surface area contributed by atoms with Gasteiger partial charge in [-0.05, 0) is 36.2 Å². The molecule has 2 aromatic rings. The van der Waals surface area contributed by atoms with Crippen LogP contribution in [-0.4, -0.2) is 13.1 Å². The van der Waals surface area contributed by atoms with Crippen molar-refractivity contribution in [2.75, 3.05) is 7.11 Å². The minimum atomic E-state index is -0.738. The number of fused-ring (bicyclic) bond motifs is 1. The molecular weight excluding hydrogens is 282 g/mol. The van der Waals surface area contributed by atoms with Crippen molar-refractivity contribution in [3.05, 3.63) is 35.2 Å². The van der Waals surface area contributed by atoms with Crippen LogP contribution in [-0.2, 0) is 9.53 Å². The lowest BCUT2D eigenvalue weighted by Gasteiger charge is -2.28. The van der Waals surface area contributed by atoms with E-state index in [0.717, 1.165) is 10.9 Å². The van der Waals surface area contributed by atoms with Crippen LogP contribution in [0.25, 0.3) is 10.1 Å². The molecule has 0 spiro atoms. The minimum Gasteiger partial charge on any atom is -0.469 e. The van der Waals surface area contributed by atoms with Crippen molar-refractivity contribution in [2.45, 2.75) is 19.9 Å². The molecule has 2 rings (SSSR count). The molecule has 0 aliphatic heterocycles. The van der Waals surface area contributed by atoms with Crippen LogP contribution in [0, 0.1) is 5.41 Å². The lowest BCUT2D eigenvalue weighted by atomic mass is 9.81. The number of rotatable bonds is 3. The summed E-state index contributed by atoms with van der Waals surface area (Å²) in [6.45, 7) is 3.63. The summed E-state index contributed by atoms with van der Waals surface area (Å²) in [5.41, 5.74) is 6.53. The molecule has 1 aromatic carbocycles. The molecule has 2 N–H and O–H groups in total. The molecule has 0 aliphatic carbocycles. The van der Waals surface area contributed by atoms with Crippen molar-refractivity contribution >= 4 is 39.8 Å². The second-order valence-electron chi connectivity index (χ2n) is 4.88. The van der Waals surface area contributed by atoms with Crippen molar-refractivity contribution in [1.82, 2.24) is 0 Å². The minimum absolute atomic E-state index is 0. The van der Waals surface area contributed by atoms with Crippen LogP contribution >= 0.6 is 23.7 Å². The second kappa shape index (κ2) is 5.90. The molecule has 0 saturated heterocycles. The van der Waals surface area contributed by atoms with E-state index in [2.05, 4.69) is 6.07 Å². The fourth-order valence-electron chi connectivity index (χ4n) is 2.02. The van der Waals surface area contributed by atoms with E-state index >= 15 is 0 Å². The number of carbonyl (C=O) groups excluding carboxylic acids is 1. The zero-order chi connectivity index (χ0) is 13.3. The summed E-state index contributed by atoms with van der Waals surface area (Å²) in [6.07, 6.45) is 0. The third-order valence-corrected chi connectivity index (χ3v) is 4.32.